The van der Waals surface area contributed by atoms with Crippen LogP contribution in [-0.4, -0.2) is 64.1 Å². The molecule has 0 unspecified atom stereocenters. The molecule has 1 saturated heterocycles. The Kier molecular flexibility index (Phi) is 6.23. The highest BCUT2D eigenvalue weighted by Gasteiger charge is 2.43. The van der Waals surface area contributed by atoms with E-state index in [0.717, 1.165) is 62.3 Å². The molecule has 0 saturated carbocycles. The van der Waals surface area contributed by atoms with Gasteiger partial charge in [0.2, 0.25) is 5.91 Å². The molecule has 1 amide bonds. The lowest BCUT2D eigenvalue weighted by Crippen LogP contribution is -2.37. The number of hydrogen-bond acceptors (Lipinski definition) is 6. The summed E-state index contributed by atoms with van der Waals surface area (Å²) in [7, 11) is 4.04. The van der Waals surface area contributed by atoms with Crippen LogP contribution in [0.25, 0.3) is 11.3 Å². The van der Waals surface area contributed by atoms with Crippen molar-refractivity contribution in [3.63, 3.8) is 0 Å². The van der Waals surface area contributed by atoms with Gasteiger partial charge in [-0.1, -0.05) is 0 Å². The Labute approximate surface area is 209 Å². The van der Waals surface area contributed by atoms with E-state index in [4.69, 9.17) is 4.98 Å². The summed E-state index contributed by atoms with van der Waals surface area (Å²) in [6.07, 6.45) is 5.16. The highest BCUT2D eigenvalue weighted by Crippen LogP contribution is 2.42. The predicted molar refractivity (Wildman–Crippen MR) is 134 cm³/mol. The van der Waals surface area contributed by atoms with Crippen LogP contribution in [0.5, 0.6) is 0 Å². The Bertz CT molecular complexity index is 1300. The molecule has 36 heavy (non-hydrogen) atoms. The normalized spacial score (nSPS) is 17.5. The summed E-state index contributed by atoms with van der Waals surface area (Å²) in [6.45, 7) is 6.91. The summed E-state index contributed by atoms with van der Waals surface area (Å²) < 4.78 is 29.5. The van der Waals surface area contributed by atoms with E-state index < -0.39 is 17.0 Å². The molecule has 10 heteroatoms. The number of fused-ring (bicyclic) bond motifs is 1. The van der Waals surface area contributed by atoms with E-state index in [-0.39, 0.29) is 11.8 Å². The van der Waals surface area contributed by atoms with Crippen molar-refractivity contribution in [2.45, 2.75) is 44.6 Å². The number of nitrogens with one attached hydrogen (secondary N) is 1. The SMILES string of the molecule is CN(C)CCn1cc(-c2ccc(F)c(F)c2)nc1C1CCN(c2ncnc3c2C(C)(C)C(=O)N3)CC1. The third-order valence-corrected chi connectivity index (χ3v) is 7.22. The van der Waals surface area contributed by atoms with E-state index in [1.807, 2.05) is 34.1 Å². The Morgan fingerprint density at radius 2 is 1.89 bits per heavy atom. The van der Waals surface area contributed by atoms with Gasteiger partial charge >= 0.3 is 0 Å². The maximum atomic E-state index is 13.9. The smallest absolute Gasteiger partial charge is 0.235 e. The summed E-state index contributed by atoms with van der Waals surface area (Å²) in [5.41, 5.74) is 1.36. The van der Waals surface area contributed by atoms with Gasteiger partial charge in [0.05, 0.1) is 16.7 Å². The first-order valence-corrected chi connectivity index (χ1v) is 12.2. The molecule has 190 valence electrons. The number of rotatable bonds is 6. The zero-order valence-electron chi connectivity index (χ0n) is 21.1. The second kappa shape index (κ2) is 9.24. The Morgan fingerprint density at radius 1 is 1.14 bits per heavy atom. The number of piperidine rings is 1. The van der Waals surface area contributed by atoms with Crippen LogP contribution in [0.1, 0.15) is 44.0 Å². The molecule has 2 aliphatic heterocycles. The van der Waals surface area contributed by atoms with Gasteiger partial charge in [-0.15, -0.1) is 0 Å². The molecule has 2 aliphatic rings. The molecule has 0 spiro atoms. The molecule has 1 N–H and O–H groups in total. The standard InChI is InChI=1S/C26H31F2N7O/c1-26(2)21-22(32-25(26)36)29-15-30-24(21)34-9-7-16(8-10-34)23-31-20(14-35(23)12-11-33(3)4)17-5-6-18(27)19(28)13-17/h5-6,13-16H,7-12H2,1-4H3,(H,29,30,32,36). The quantitative estimate of drug-likeness (QED) is 0.561. The van der Waals surface area contributed by atoms with Crippen LogP contribution in [0.4, 0.5) is 20.4 Å². The van der Waals surface area contributed by atoms with Crippen molar-refractivity contribution in [2.24, 2.45) is 0 Å². The Hall–Kier alpha value is -3.40. The van der Waals surface area contributed by atoms with Crippen LogP contribution < -0.4 is 10.2 Å². The van der Waals surface area contributed by atoms with E-state index in [2.05, 4.69) is 29.7 Å². The molecule has 0 radical (unpaired) electrons. The first kappa shape index (κ1) is 24.3. The first-order chi connectivity index (χ1) is 17.1. The summed E-state index contributed by atoms with van der Waals surface area (Å²) in [5.74, 6) is 0.758. The van der Waals surface area contributed by atoms with Crippen molar-refractivity contribution in [3.8, 4) is 11.3 Å². The van der Waals surface area contributed by atoms with Gasteiger partial charge < -0.3 is 19.7 Å². The zero-order chi connectivity index (χ0) is 25.6. The van der Waals surface area contributed by atoms with Crippen molar-refractivity contribution in [1.82, 2.24) is 24.4 Å². The molecule has 0 bridgehead atoms. The number of nitrogens with zero attached hydrogens (tertiary/aromatic N) is 6. The number of hydrogen-bond donors (Lipinski definition) is 1. The number of benzene rings is 1. The molecule has 0 aliphatic carbocycles. The largest absolute Gasteiger partial charge is 0.356 e. The minimum Gasteiger partial charge on any atom is -0.356 e. The number of imidazole rings is 1. The van der Waals surface area contributed by atoms with Gasteiger partial charge in [0, 0.05) is 43.9 Å². The molecule has 4 heterocycles. The average Bonchev–Trinajstić information content (AvgIpc) is 3.38. The summed E-state index contributed by atoms with van der Waals surface area (Å²) >= 11 is 0. The van der Waals surface area contributed by atoms with Gasteiger partial charge in [-0.3, -0.25) is 4.79 Å². The van der Waals surface area contributed by atoms with E-state index in [0.29, 0.717) is 17.1 Å². The van der Waals surface area contributed by atoms with Crippen LogP contribution in [0.2, 0.25) is 0 Å². The summed E-state index contributed by atoms with van der Waals surface area (Å²) in [5, 5.41) is 2.87. The van der Waals surface area contributed by atoms with Crippen LogP contribution in [0.3, 0.4) is 0 Å². The lowest BCUT2D eigenvalue weighted by atomic mass is 9.86. The van der Waals surface area contributed by atoms with Crippen LogP contribution in [0, 0.1) is 11.6 Å². The van der Waals surface area contributed by atoms with Gasteiger partial charge in [0.15, 0.2) is 11.6 Å². The summed E-state index contributed by atoms with van der Waals surface area (Å²) in [4.78, 5) is 30.5. The lowest BCUT2D eigenvalue weighted by molar-refractivity contribution is -0.119. The molecular weight excluding hydrogens is 464 g/mol. The number of carbonyl (C=O) groups excluding carboxylic acids is 1. The van der Waals surface area contributed by atoms with Gasteiger partial charge in [-0.25, -0.2) is 23.7 Å². The summed E-state index contributed by atoms with van der Waals surface area (Å²) in [6, 6.07) is 3.91. The number of halogens is 2. The fourth-order valence-electron chi connectivity index (χ4n) is 5.05. The molecule has 8 nitrogen and oxygen atoms in total. The maximum absolute atomic E-state index is 13.9. The fraction of sp³-hybridized carbons (Fsp3) is 0.462. The highest BCUT2D eigenvalue weighted by molar-refractivity contribution is 6.06. The van der Waals surface area contributed by atoms with E-state index in [1.54, 1.807) is 6.07 Å². The second-order valence-electron chi connectivity index (χ2n) is 10.4. The maximum Gasteiger partial charge on any atom is 0.235 e. The minimum atomic E-state index is -0.876. The van der Waals surface area contributed by atoms with Gasteiger partial charge in [0.25, 0.3) is 0 Å². The third kappa shape index (κ3) is 4.34. The molecule has 2 aromatic heterocycles. The molecule has 0 atom stereocenters. The zero-order valence-corrected chi connectivity index (χ0v) is 21.1. The highest BCUT2D eigenvalue weighted by atomic mass is 19.2. The van der Waals surface area contributed by atoms with Gasteiger partial charge in [0.1, 0.15) is 23.8 Å². The Balaban J connectivity index is 1.39. The van der Waals surface area contributed by atoms with Crippen molar-refractivity contribution in [1.29, 1.82) is 0 Å². The number of likely N-dealkylation sites (N-methyl/N-ethyl adjacent to an activating group) is 1. The van der Waals surface area contributed by atoms with Crippen LogP contribution >= 0.6 is 0 Å². The second-order valence-corrected chi connectivity index (χ2v) is 10.4. The first-order valence-electron chi connectivity index (χ1n) is 12.2. The van der Waals surface area contributed by atoms with Crippen molar-refractivity contribution in [2.75, 3.05) is 43.9 Å². The number of anilines is 2. The monoisotopic (exact) mass is 495 g/mol. The average molecular weight is 496 g/mol. The van der Waals surface area contributed by atoms with E-state index in [9.17, 15) is 13.6 Å². The molecule has 3 aromatic rings. The molecule has 5 rings (SSSR count). The molecule has 1 aromatic carbocycles. The molecule has 1 fully saturated rings. The van der Waals surface area contributed by atoms with Crippen LogP contribution in [-0.2, 0) is 16.8 Å². The van der Waals surface area contributed by atoms with E-state index in [1.165, 1.54) is 12.4 Å². The number of carbonyl (C=O) groups is 1. The molecular formula is C26H31F2N7O. The van der Waals surface area contributed by atoms with E-state index >= 15 is 0 Å². The van der Waals surface area contributed by atoms with Crippen LogP contribution in [0.15, 0.2) is 30.7 Å². The number of aromatic nitrogens is 4. The van der Waals surface area contributed by atoms with Crippen molar-refractivity contribution in [3.05, 3.63) is 53.7 Å². The minimum absolute atomic E-state index is 0.0678. The third-order valence-electron chi connectivity index (χ3n) is 7.22. The fourth-order valence-corrected chi connectivity index (χ4v) is 5.05. The topological polar surface area (TPSA) is 79.2 Å². The van der Waals surface area contributed by atoms with Crippen molar-refractivity contribution >= 4 is 17.5 Å². The Morgan fingerprint density at radius 3 is 2.58 bits per heavy atom. The predicted octanol–water partition coefficient (Wildman–Crippen LogP) is 3.79. The van der Waals surface area contributed by atoms with Gasteiger partial charge in [-0.05, 0) is 59.0 Å². The lowest BCUT2D eigenvalue weighted by Gasteiger charge is -2.34. The van der Waals surface area contributed by atoms with Gasteiger partial charge in [-0.2, -0.15) is 0 Å². The van der Waals surface area contributed by atoms with Crippen molar-refractivity contribution < 1.29 is 13.6 Å². The number of amides is 1.